The molecule has 0 amide bonds. The van der Waals surface area contributed by atoms with Crippen LogP contribution in [0.1, 0.15) is 50.1 Å². The van der Waals surface area contributed by atoms with E-state index in [4.69, 9.17) is 17.3 Å². The molecule has 1 aromatic carbocycles. The number of hydrogen-bond donors (Lipinski definition) is 1. The average molecular weight is 250 g/mol. The second kappa shape index (κ2) is 6.23. The van der Waals surface area contributed by atoms with Crippen LogP contribution in [0.2, 0.25) is 5.02 Å². The lowest BCUT2D eigenvalue weighted by molar-refractivity contribution is 0.602. The molecule has 1 unspecified atom stereocenters. The Kier molecular flexibility index (Phi) is 4.64. The monoisotopic (exact) mass is 249 g/mol. The van der Waals surface area contributed by atoms with Crippen LogP contribution < -0.4 is 5.73 Å². The first-order valence-electron chi connectivity index (χ1n) is 6.47. The minimum absolute atomic E-state index is 0.0202. The molecule has 2 rings (SSSR count). The Bertz CT molecular complexity index is 398. The normalized spacial score (nSPS) is 22.1. The number of nitrogens with two attached hydrogens (primary N) is 1. The zero-order valence-electron chi connectivity index (χ0n) is 10.2. The van der Waals surface area contributed by atoms with E-state index in [0.717, 1.165) is 17.0 Å². The fourth-order valence-electron chi connectivity index (χ4n) is 2.41. The molecule has 1 nitrogen and oxygen atoms in total. The third kappa shape index (κ3) is 3.58. The van der Waals surface area contributed by atoms with Crippen LogP contribution in [0.25, 0.3) is 0 Å². The quantitative estimate of drug-likeness (QED) is 0.761. The van der Waals surface area contributed by atoms with Crippen molar-refractivity contribution in [3.63, 3.8) is 0 Å². The second-order valence-electron chi connectivity index (χ2n) is 4.76. The first-order valence-corrected chi connectivity index (χ1v) is 6.85. The molecule has 1 aromatic rings. The summed E-state index contributed by atoms with van der Waals surface area (Å²) in [6, 6.07) is 7.93. The van der Waals surface area contributed by atoms with Gasteiger partial charge in [0.15, 0.2) is 0 Å². The zero-order valence-corrected chi connectivity index (χ0v) is 10.9. The van der Waals surface area contributed by atoms with Crippen LogP contribution in [0.15, 0.2) is 35.9 Å². The van der Waals surface area contributed by atoms with Crippen molar-refractivity contribution in [1.29, 1.82) is 0 Å². The molecule has 0 fully saturated rings. The van der Waals surface area contributed by atoms with Crippen LogP contribution >= 0.6 is 11.6 Å². The molecule has 92 valence electrons. The van der Waals surface area contributed by atoms with Crippen molar-refractivity contribution in [2.75, 3.05) is 0 Å². The number of rotatable bonds is 2. The predicted molar refractivity (Wildman–Crippen MR) is 74.2 cm³/mol. The van der Waals surface area contributed by atoms with E-state index in [9.17, 15) is 0 Å². The van der Waals surface area contributed by atoms with Crippen molar-refractivity contribution in [2.45, 2.75) is 44.6 Å². The predicted octanol–water partition coefficient (Wildman–Crippen LogP) is 4.62. The third-order valence-electron chi connectivity index (χ3n) is 3.43. The summed E-state index contributed by atoms with van der Waals surface area (Å²) >= 11 is 6.01. The van der Waals surface area contributed by atoms with E-state index >= 15 is 0 Å². The lowest BCUT2D eigenvalue weighted by Crippen LogP contribution is -2.14. The lowest BCUT2D eigenvalue weighted by Gasteiger charge is -2.19. The maximum absolute atomic E-state index is 6.33. The lowest BCUT2D eigenvalue weighted by atomic mass is 9.91. The Morgan fingerprint density at radius 2 is 1.94 bits per heavy atom. The Morgan fingerprint density at radius 1 is 1.12 bits per heavy atom. The molecule has 0 aromatic heterocycles. The van der Waals surface area contributed by atoms with Gasteiger partial charge in [0, 0.05) is 5.02 Å². The number of hydrogen-bond acceptors (Lipinski definition) is 1. The zero-order chi connectivity index (χ0) is 12.1. The summed E-state index contributed by atoms with van der Waals surface area (Å²) < 4.78 is 0. The maximum atomic E-state index is 6.33. The molecule has 1 atom stereocenters. The summed E-state index contributed by atoms with van der Waals surface area (Å²) in [4.78, 5) is 0. The fourth-order valence-corrected chi connectivity index (χ4v) is 2.61. The average Bonchev–Trinajstić information content (AvgIpc) is 2.28. The molecular formula is C15H20ClN. The highest BCUT2D eigenvalue weighted by atomic mass is 35.5. The molecule has 0 radical (unpaired) electrons. The van der Waals surface area contributed by atoms with Gasteiger partial charge in [-0.2, -0.15) is 0 Å². The highest BCUT2D eigenvalue weighted by Gasteiger charge is 2.12. The van der Waals surface area contributed by atoms with Gasteiger partial charge in [-0.25, -0.2) is 0 Å². The van der Waals surface area contributed by atoms with Gasteiger partial charge in [0.1, 0.15) is 0 Å². The summed E-state index contributed by atoms with van der Waals surface area (Å²) in [7, 11) is 0. The first-order chi connectivity index (χ1) is 8.27. The second-order valence-corrected chi connectivity index (χ2v) is 5.20. The molecule has 0 aliphatic heterocycles. The molecule has 1 aliphatic carbocycles. The molecule has 0 saturated heterocycles. The van der Waals surface area contributed by atoms with Gasteiger partial charge < -0.3 is 5.73 Å². The number of halogens is 1. The summed E-state index contributed by atoms with van der Waals surface area (Å²) in [5.41, 5.74) is 8.84. The van der Waals surface area contributed by atoms with Crippen LogP contribution in [0.5, 0.6) is 0 Å². The van der Waals surface area contributed by atoms with Crippen molar-refractivity contribution < 1.29 is 0 Å². The molecule has 2 heteroatoms. The molecule has 0 heterocycles. The van der Waals surface area contributed by atoms with Crippen LogP contribution in [0.4, 0.5) is 0 Å². The van der Waals surface area contributed by atoms with E-state index in [1.54, 1.807) is 0 Å². The van der Waals surface area contributed by atoms with E-state index in [-0.39, 0.29) is 6.04 Å². The van der Waals surface area contributed by atoms with Gasteiger partial charge in [0.25, 0.3) is 0 Å². The Morgan fingerprint density at radius 3 is 2.76 bits per heavy atom. The summed E-state index contributed by atoms with van der Waals surface area (Å²) in [5, 5.41) is 0.768. The van der Waals surface area contributed by atoms with Crippen molar-refractivity contribution in [3.8, 4) is 0 Å². The Balaban J connectivity index is 2.14. The molecular weight excluding hydrogens is 230 g/mol. The third-order valence-corrected chi connectivity index (χ3v) is 3.67. The molecule has 0 spiro atoms. The Hall–Kier alpha value is -0.790. The van der Waals surface area contributed by atoms with Crippen LogP contribution in [0, 0.1) is 0 Å². The van der Waals surface area contributed by atoms with Crippen molar-refractivity contribution in [2.24, 2.45) is 5.73 Å². The fraction of sp³-hybridized carbons (Fsp3) is 0.467. The number of allylic oxidation sites excluding steroid dienone is 1. The van der Waals surface area contributed by atoms with Gasteiger partial charge >= 0.3 is 0 Å². The summed E-state index contributed by atoms with van der Waals surface area (Å²) in [6.45, 7) is 0. The van der Waals surface area contributed by atoms with E-state index in [0.29, 0.717) is 0 Å². The molecule has 1 aliphatic rings. The smallest absolute Gasteiger partial charge is 0.0511 e. The molecule has 17 heavy (non-hydrogen) atoms. The van der Waals surface area contributed by atoms with Crippen LogP contribution in [-0.2, 0) is 0 Å². The largest absolute Gasteiger partial charge is 0.321 e. The number of benzene rings is 1. The van der Waals surface area contributed by atoms with Crippen LogP contribution in [0.3, 0.4) is 0 Å². The van der Waals surface area contributed by atoms with Gasteiger partial charge in [-0.3, -0.25) is 0 Å². The standard InChI is InChI=1S/C15H20ClN/c16-14-10-6-9-13(11-14)15(17)12-7-4-2-1-3-5-8-12/h6-7,9-11,15H,1-5,8,17H2/b12-7+. The van der Waals surface area contributed by atoms with E-state index in [2.05, 4.69) is 12.1 Å². The highest BCUT2D eigenvalue weighted by molar-refractivity contribution is 6.30. The van der Waals surface area contributed by atoms with Crippen molar-refractivity contribution in [1.82, 2.24) is 0 Å². The van der Waals surface area contributed by atoms with Gasteiger partial charge in [-0.15, -0.1) is 0 Å². The van der Waals surface area contributed by atoms with Crippen molar-refractivity contribution in [3.05, 3.63) is 46.5 Å². The maximum Gasteiger partial charge on any atom is 0.0511 e. The summed E-state index contributed by atoms with van der Waals surface area (Å²) in [5.74, 6) is 0. The van der Waals surface area contributed by atoms with Gasteiger partial charge in [-0.05, 0) is 43.4 Å². The molecule has 0 saturated carbocycles. The van der Waals surface area contributed by atoms with Gasteiger partial charge in [-0.1, -0.05) is 48.2 Å². The Labute approximate surface area is 109 Å². The minimum atomic E-state index is 0.0202. The van der Waals surface area contributed by atoms with E-state index < -0.39 is 0 Å². The van der Waals surface area contributed by atoms with Crippen molar-refractivity contribution >= 4 is 11.6 Å². The van der Waals surface area contributed by atoms with Gasteiger partial charge in [0.05, 0.1) is 6.04 Å². The summed E-state index contributed by atoms with van der Waals surface area (Å²) in [6.07, 6.45) is 9.89. The van der Waals surface area contributed by atoms with Crippen LogP contribution in [-0.4, -0.2) is 0 Å². The minimum Gasteiger partial charge on any atom is -0.321 e. The van der Waals surface area contributed by atoms with Gasteiger partial charge in [0.2, 0.25) is 0 Å². The molecule has 0 bridgehead atoms. The van der Waals surface area contributed by atoms with E-state index in [1.807, 2.05) is 18.2 Å². The van der Waals surface area contributed by atoms with E-state index in [1.165, 1.54) is 37.7 Å². The topological polar surface area (TPSA) is 26.0 Å². The SMILES string of the molecule is NC(/C1=C/CCCCCC1)c1cccc(Cl)c1. The first kappa shape index (κ1) is 12.7. The molecule has 2 N–H and O–H groups in total. The highest BCUT2D eigenvalue weighted by Crippen LogP contribution is 2.28.